The molecule has 0 spiro atoms. The zero-order chi connectivity index (χ0) is 17.4. The van der Waals surface area contributed by atoms with Crippen molar-refractivity contribution in [3.8, 4) is 0 Å². The van der Waals surface area contributed by atoms with Gasteiger partial charge in [-0.05, 0) is 43.5 Å². The van der Waals surface area contributed by atoms with E-state index in [1.54, 1.807) is 18.2 Å². The summed E-state index contributed by atoms with van der Waals surface area (Å²) in [6.45, 7) is 1.74. The highest BCUT2D eigenvalue weighted by atomic mass is 35.5. The van der Waals surface area contributed by atoms with Crippen LogP contribution >= 0.6 is 11.6 Å². The zero-order valence-electron chi connectivity index (χ0n) is 13.1. The number of aromatic amines is 1. The Morgan fingerprint density at radius 2 is 2.12 bits per heavy atom. The fourth-order valence-corrected chi connectivity index (χ4v) is 2.85. The molecule has 0 saturated heterocycles. The summed E-state index contributed by atoms with van der Waals surface area (Å²) in [6, 6.07) is 5.19. The topological polar surface area (TPSA) is 110 Å². The molecule has 1 aliphatic carbocycles. The molecule has 1 fully saturated rings. The molecule has 1 aromatic carbocycles. The maximum Gasteiger partial charge on any atom is 0.330 e. The summed E-state index contributed by atoms with van der Waals surface area (Å²) in [5, 5.41) is 3.57. The first kappa shape index (κ1) is 16.3. The SMILES string of the molecule is Cc1cc(Cl)ccc1NCC(=O)c1c(N)n(C2CC2)c(=O)[nH]c1=O. The van der Waals surface area contributed by atoms with Crippen LogP contribution in [-0.2, 0) is 0 Å². The average molecular weight is 349 g/mol. The predicted molar refractivity (Wildman–Crippen MR) is 93.0 cm³/mol. The summed E-state index contributed by atoms with van der Waals surface area (Å²) in [5.74, 6) is -0.539. The number of rotatable bonds is 5. The summed E-state index contributed by atoms with van der Waals surface area (Å²) in [6.07, 6.45) is 1.62. The van der Waals surface area contributed by atoms with Gasteiger partial charge in [-0.15, -0.1) is 0 Å². The molecule has 126 valence electrons. The van der Waals surface area contributed by atoms with E-state index in [0.29, 0.717) is 5.02 Å². The Kier molecular flexibility index (Phi) is 4.19. The van der Waals surface area contributed by atoms with Gasteiger partial charge in [0.2, 0.25) is 0 Å². The number of ketones is 1. The molecule has 2 aromatic rings. The Morgan fingerprint density at radius 3 is 2.75 bits per heavy atom. The number of Topliss-reactive ketones (excluding diaryl/α,β-unsaturated/α-hetero) is 1. The molecule has 1 aliphatic rings. The third-order valence-corrected chi connectivity index (χ3v) is 4.24. The molecule has 1 heterocycles. The van der Waals surface area contributed by atoms with E-state index in [-0.39, 0.29) is 24.0 Å². The third-order valence-electron chi connectivity index (χ3n) is 4.00. The molecule has 0 radical (unpaired) electrons. The highest BCUT2D eigenvalue weighted by Gasteiger charge is 2.29. The lowest BCUT2D eigenvalue weighted by Gasteiger charge is -2.12. The predicted octanol–water partition coefficient (Wildman–Crippen LogP) is 1.71. The first-order valence-electron chi connectivity index (χ1n) is 7.56. The van der Waals surface area contributed by atoms with E-state index in [0.717, 1.165) is 24.1 Å². The number of H-pyrrole nitrogens is 1. The van der Waals surface area contributed by atoms with Crippen molar-refractivity contribution in [3.63, 3.8) is 0 Å². The zero-order valence-corrected chi connectivity index (χ0v) is 13.8. The van der Waals surface area contributed by atoms with Crippen LogP contribution in [0.2, 0.25) is 5.02 Å². The number of anilines is 2. The van der Waals surface area contributed by atoms with Crippen LogP contribution in [0.4, 0.5) is 11.5 Å². The number of halogens is 1. The number of hydrogen-bond acceptors (Lipinski definition) is 5. The van der Waals surface area contributed by atoms with E-state index in [1.165, 1.54) is 4.57 Å². The van der Waals surface area contributed by atoms with E-state index in [4.69, 9.17) is 17.3 Å². The molecule has 0 amide bonds. The van der Waals surface area contributed by atoms with Gasteiger partial charge in [-0.1, -0.05) is 11.6 Å². The molecule has 7 nitrogen and oxygen atoms in total. The highest BCUT2D eigenvalue weighted by Crippen LogP contribution is 2.35. The number of nitrogens with two attached hydrogens (primary N) is 1. The number of nitrogen functional groups attached to an aromatic ring is 1. The van der Waals surface area contributed by atoms with Gasteiger partial charge in [0.05, 0.1) is 6.54 Å². The van der Waals surface area contributed by atoms with Crippen molar-refractivity contribution >= 4 is 28.9 Å². The third kappa shape index (κ3) is 3.07. The van der Waals surface area contributed by atoms with Gasteiger partial charge in [0.1, 0.15) is 11.4 Å². The molecule has 0 atom stereocenters. The number of aromatic nitrogens is 2. The van der Waals surface area contributed by atoms with Crippen molar-refractivity contribution in [3.05, 3.63) is 55.2 Å². The Hall–Kier alpha value is -2.54. The lowest BCUT2D eigenvalue weighted by Crippen LogP contribution is -2.37. The highest BCUT2D eigenvalue weighted by molar-refractivity contribution is 6.30. The van der Waals surface area contributed by atoms with Crippen molar-refractivity contribution in [2.24, 2.45) is 0 Å². The lowest BCUT2D eigenvalue weighted by atomic mass is 10.1. The first-order valence-corrected chi connectivity index (χ1v) is 7.94. The minimum absolute atomic E-state index is 0.0348. The van der Waals surface area contributed by atoms with E-state index in [2.05, 4.69) is 10.3 Å². The number of aryl methyl sites for hydroxylation is 1. The van der Waals surface area contributed by atoms with Crippen LogP contribution in [0.15, 0.2) is 27.8 Å². The molecule has 4 N–H and O–H groups in total. The van der Waals surface area contributed by atoms with Gasteiger partial charge in [-0.3, -0.25) is 19.1 Å². The molecule has 0 unspecified atom stereocenters. The smallest absolute Gasteiger partial charge is 0.330 e. The summed E-state index contributed by atoms with van der Waals surface area (Å²) >= 11 is 5.90. The number of benzene rings is 1. The molecule has 1 saturated carbocycles. The second-order valence-electron chi connectivity index (χ2n) is 5.86. The average Bonchev–Trinajstić information content (AvgIpc) is 3.30. The van der Waals surface area contributed by atoms with E-state index in [9.17, 15) is 14.4 Å². The maximum absolute atomic E-state index is 12.4. The molecule has 24 heavy (non-hydrogen) atoms. The Labute approximate surface area is 142 Å². The molecule has 3 rings (SSSR count). The fourth-order valence-electron chi connectivity index (χ4n) is 2.62. The van der Waals surface area contributed by atoms with Crippen molar-refractivity contribution in [2.75, 3.05) is 17.6 Å². The van der Waals surface area contributed by atoms with Gasteiger partial charge >= 0.3 is 5.69 Å². The van der Waals surface area contributed by atoms with Crippen LogP contribution in [0.25, 0.3) is 0 Å². The Balaban J connectivity index is 1.86. The standard InChI is InChI=1S/C16H17ClN4O3/c1-8-6-9(17)2-5-11(8)19-7-12(22)13-14(18)21(10-3-4-10)16(24)20-15(13)23/h2,5-6,10,19H,3-4,7,18H2,1H3,(H,20,23,24). The number of carbonyl (C=O) groups excluding carboxylic acids is 1. The first-order chi connectivity index (χ1) is 11.4. The summed E-state index contributed by atoms with van der Waals surface area (Å²) in [7, 11) is 0. The second kappa shape index (κ2) is 6.16. The van der Waals surface area contributed by atoms with E-state index >= 15 is 0 Å². The van der Waals surface area contributed by atoms with E-state index < -0.39 is 17.0 Å². The van der Waals surface area contributed by atoms with Crippen LogP contribution in [0.5, 0.6) is 0 Å². The number of hydrogen-bond donors (Lipinski definition) is 3. The van der Waals surface area contributed by atoms with Crippen LogP contribution in [0.1, 0.15) is 34.8 Å². The van der Waals surface area contributed by atoms with Gasteiger partial charge in [0.25, 0.3) is 5.56 Å². The molecule has 1 aromatic heterocycles. The number of carbonyl (C=O) groups is 1. The van der Waals surface area contributed by atoms with Crippen LogP contribution in [0.3, 0.4) is 0 Å². The van der Waals surface area contributed by atoms with Gasteiger partial charge < -0.3 is 11.1 Å². The summed E-state index contributed by atoms with van der Waals surface area (Å²) in [5.41, 5.74) is 6.03. The molecule has 0 bridgehead atoms. The second-order valence-corrected chi connectivity index (χ2v) is 6.29. The van der Waals surface area contributed by atoms with Crippen molar-refractivity contribution in [2.45, 2.75) is 25.8 Å². The lowest BCUT2D eigenvalue weighted by molar-refractivity contribution is 0.100. The molecular formula is C16H17ClN4O3. The molecule has 8 heteroatoms. The largest absolute Gasteiger partial charge is 0.384 e. The number of nitrogens with zero attached hydrogens (tertiary/aromatic N) is 1. The van der Waals surface area contributed by atoms with Gasteiger partial charge in [-0.2, -0.15) is 0 Å². The monoisotopic (exact) mass is 348 g/mol. The molecule has 0 aliphatic heterocycles. The van der Waals surface area contributed by atoms with Crippen molar-refractivity contribution in [1.82, 2.24) is 9.55 Å². The Bertz CT molecular complexity index is 928. The Morgan fingerprint density at radius 1 is 1.42 bits per heavy atom. The van der Waals surface area contributed by atoms with Crippen molar-refractivity contribution in [1.29, 1.82) is 0 Å². The minimum Gasteiger partial charge on any atom is -0.384 e. The van der Waals surface area contributed by atoms with Gasteiger partial charge in [-0.25, -0.2) is 4.79 Å². The van der Waals surface area contributed by atoms with Crippen LogP contribution in [0, 0.1) is 6.92 Å². The molecular weight excluding hydrogens is 332 g/mol. The quantitative estimate of drug-likeness (QED) is 0.712. The minimum atomic E-state index is -0.756. The summed E-state index contributed by atoms with van der Waals surface area (Å²) in [4.78, 5) is 38.5. The van der Waals surface area contributed by atoms with Gasteiger partial charge in [0, 0.05) is 16.8 Å². The summed E-state index contributed by atoms with van der Waals surface area (Å²) < 4.78 is 1.29. The normalized spacial score (nSPS) is 13.8. The number of nitrogens with one attached hydrogen (secondary N) is 2. The maximum atomic E-state index is 12.4. The van der Waals surface area contributed by atoms with Gasteiger partial charge in [0.15, 0.2) is 5.78 Å². The van der Waals surface area contributed by atoms with Crippen LogP contribution in [-0.4, -0.2) is 21.9 Å². The van der Waals surface area contributed by atoms with E-state index in [1.807, 2.05) is 6.92 Å². The van der Waals surface area contributed by atoms with Crippen LogP contribution < -0.4 is 22.3 Å². The fraction of sp³-hybridized carbons (Fsp3) is 0.312. The van der Waals surface area contributed by atoms with Crippen molar-refractivity contribution < 1.29 is 4.79 Å².